The van der Waals surface area contributed by atoms with Crippen LogP contribution >= 0.6 is 0 Å². The molecule has 1 saturated heterocycles. The second-order valence-electron chi connectivity index (χ2n) is 8.22. The number of carbonyl (C=O) groups is 2. The first-order valence-corrected chi connectivity index (χ1v) is 8.92. The first-order chi connectivity index (χ1) is 11.8. The van der Waals surface area contributed by atoms with Crippen LogP contribution in [0.25, 0.3) is 0 Å². The zero-order valence-corrected chi connectivity index (χ0v) is 14.6. The van der Waals surface area contributed by atoms with Gasteiger partial charge in [-0.25, -0.2) is 4.79 Å². The predicted molar refractivity (Wildman–Crippen MR) is 86.6 cm³/mol. The SMILES string of the molecule is CC1(OC(=O)COC(=O)CN2CCOCC2)C=C2CC23CC(O)(C1)C3. The fraction of sp³-hybridized carbons (Fsp3) is 0.778. The second-order valence-corrected chi connectivity index (χ2v) is 8.22. The molecule has 4 aliphatic carbocycles. The number of rotatable bonds is 5. The lowest BCUT2D eigenvalue weighted by Gasteiger charge is -2.45. The van der Waals surface area contributed by atoms with E-state index >= 15 is 0 Å². The molecule has 1 atom stereocenters. The molecule has 1 N–H and O–H groups in total. The molecule has 1 spiro atoms. The minimum atomic E-state index is -0.827. The molecule has 7 heteroatoms. The smallest absolute Gasteiger partial charge is 0.345 e. The molecule has 2 bridgehead atoms. The Morgan fingerprint density at radius 3 is 2.68 bits per heavy atom. The average molecular weight is 351 g/mol. The van der Waals surface area contributed by atoms with Crippen LogP contribution in [-0.2, 0) is 23.8 Å². The molecule has 0 aromatic heterocycles. The van der Waals surface area contributed by atoms with Gasteiger partial charge < -0.3 is 19.3 Å². The van der Waals surface area contributed by atoms with Crippen molar-refractivity contribution in [2.24, 2.45) is 5.41 Å². The quantitative estimate of drug-likeness (QED) is 0.567. The molecule has 3 fully saturated rings. The highest BCUT2D eigenvalue weighted by Gasteiger charge is 2.67. The summed E-state index contributed by atoms with van der Waals surface area (Å²) in [6, 6.07) is 0. The number of ether oxygens (including phenoxy) is 3. The van der Waals surface area contributed by atoms with Crippen molar-refractivity contribution in [2.45, 2.75) is 43.8 Å². The third-order valence-electron chi connectivity index (χ3n) is 5.73. The molecule has 5 aliphatic rings. The Kier molecular flexibility index (Phi) is 3.94. The Hall–Kier alpha value is -1.44. The molecule has 0 radical (unpaired) electrons. The Morgan fingerprint density at radius 1 is 1.24 bits per heavy atom. The number of carbonyl (C=O) groups excluding carboxylic acids is 2. The van der Waals surface area contributed by atoms with Gasteiger partial charge in [0.2, 0.25) is 0 Å². The third kappa shape index (κ3) is 3.45. The number of aliphatic hydroxyl groups is 1. The Bertz CT molecular complexity index is 617. The van der Waals surface area contributed by atoms with E-state index < -0.39 is 29.7 Å². The van der Waals surface area contributed by atoms with Crippen molar-refractivity contribution in [1.82, 2.24) is 4.90 Å². The van der Waals surface area contributed by atoms with Gasteiger partial charge >= 0.3 is 11.9 Å². The summed E-state index contributed by atoms with van der Waals surface area (Å²) in [6.07, 6.45) is 4.93. The first-order valence-electron chi connectivity index (χ1n) is 8.92. The second kappa shape index (κ2) is 5.79. The van der Waals surface area contributed by atoms with Crippen molar-refractivity contribution in [3.8, 4) is 0 Å². The van der Waals surface area contributed by atoms with Crippen LogP contribution in [0.1, 0.15) is 32.6 Å². The number of allylic oxidation sites excluding steroid dienone is 1. The van der Waals surface area contributed by atoms with E-state index in [9.17, 15) is 14.7 Å². The number of fused-ring (bicyclic) bond motifs is 2. The molecule has 7 nitrogen and oxygen atoms in total. The van der Waals surface area contributed by atoms with E-state index in [1.54, 1.807) is 0 Å². The summed E-state index contributed by atoms with van der Waals surface area (Å²) in [7, 11) is 0. The van der Waals surface area contributed by atoms with Crippen LogP contribution in [0, 0.1) is 5.41 Å². The highest BCUT2D eigenvalue weighted by atomic mass is 16.6. The summed E-state index contributed by atoms with van der Waals surface area (Å²) in [5.74, 6) is -1.02. The monoisotopic (exact) mass is 351 g/mol. The first kappa shape index (κ1) is 17.0. The normalized spacial score (nSPS) is 39.4. The van der Waals surface area contributed by atoms with Gasteiger partial charge in [-0.3, -0.25) is 9.69 Å². The lowest BCUT2D eigenvalue weighted by Crippen LogP contribution is -2.49. The van der Waals surface area contributed by atoms with Crippen LogP contribution in [-0.4, -0.2) is 72.6 Å². The number of morpholine rings is 1. The average Bonchev–Trinajstić information content (AvgIpc) is 3.18. The summed E-state index contributed by atoms with van der Waals surface area (Å²) in [5.41, 5.74) is -0.0957. The van der Waals surface area contributed by atoms with Gasteiger partial charge in [0, 0.05) is 24.9 Å². The molecule has 138 valence electrons. The summed E-state index contributed by atoms with van der Waals surface area (Å²) >= 11 is 0. The number of hydrogen-bond acceptors (Lipinski definition) is 7. The number of esters is 2. The maximum absolute atomic E-state index is 12.1. The number of nitrogens with zero attached hydrogens (tertiary/aromatic N) is 1. The lowest BCUT2D eigenvalue weighted by molar-refractivity contribution is -0.173. The molecule has 0 amide bonds. The number of hydrogen-bond donors (Lipinski definition) is 1. The van der Waals surface area contributed by atoms with Crippen LogP contribution in [0.5, 0.6) is 0 Å². The van der Waals surface area contributed by atoms with Gasteiger partial charge in [-0.15, -0.1) is 0 Å². The Labute approximate surface area is 146 Å². The van der Waals surface area contributed by atoms with E-state index in [-0.39, 0.29) is 12.0 Å². The summed E-state index contributed by atoms with van der Waals surface area (Å²) in [4.78, 5) is 25.9. The molecular formula is C18H25NO6. The summed E-state index contributed by atoms with van der Waals surface area (Å²) in [6.45, 7) is 4.15. The van der Waals surface area contributed by atoms with Crippen LogP contribution in [0.4, 0.5) is 0 Å². The van der Waals surface area contributed by atoms with E-state index in [1.165, 1.54) is 5.57 Å². The van der Waals surface area contributed by atoms with Gasteiger partial charge in [0.1, 0.15) is 5.60 Å². The van der Waals surface area contributed by atoms with Gasteiger partial charge in [-0.05, 0) is 32.3 Å². The standard InChI is InChI=1S/C18H25NO6/c1-16(6-13-7-17(13)11-18(22,10-16)12-17)25-15(21)9-24-14(20)8-19-2-4-23-5-3-19/h6,22H,2-5,7-12H2,1H3. The fourth-order valence-electron chi connectivity index (χ4n) is 4.76. The maximum atomic E-state index is 12.1. The topological polar surface area (TPSA) is 85.3 Å². The van der Waals surface area contributed by atoms with Gasteiger partial charge in [0.25, 0.3) is 0 Å². The molecule has 0 aromatic carbocycles. The van der Waals surface area contributed by atoms with Crippen molar-refractivity contribution >= 4 is 11.9 Å². The van der Waals surface area contributed by atoms with Crippen molar-refractivity contribution in [3.05, 3.63) is 11.6 Å². The highest BCUT2D eigenvalue weighted by molar-refractivity contribution is 5.77. The van der Waals surface area contributed by atoms with Crippen molar-refractivity contribution < 1.29 is 28.9 Å². The fourth-order valence-corrected chi connectivity index (χ4v) is 4.76. The minimum absolute atomic E-state index is 0.153. The van der Waals surface area contributed by atoms with Gasteiger partial charge in [0.15, 0.2) is 6.61 Å². The summed E-state index contributed by atoms with van der Waals surface area (Å²) in [5, 5.41) is 10.5. The van der Waals surface area contributed by atoms with E-state index in [2.05, 4.69) is 0 Å². The predicted octanol–water partition coefficient (Wildman–Crippen LogP) is 0.409. The molecule has 1 aliphatic heterocycles. The van der Waals surface area contributed by atoms with Gasteiger partial charge in [0.05, 0.1) is 25.4 Å². The van der Waals surface area contributed by atoms with E-state index in [0.717, 1.165) is 19.3 Å². The molecular weight excluding hydrogens is 326 g/mol. The van der Waals surface area contributed by atoms with Gasteiger partial charge in [-0.2, -0.15) is 0 Å². The van der Waals surface area contributed by atoms with Crippen LogP contribution in [0.15, 0.2) is 11.6 Å². The maximum Gasteiger partial charge on any atom is 0.345 e. The Morgan fingerprint density at radius 2 is 1.96 bits per heavy atom. The van der Waals surface area contributed by atoms with Crippen LogP contribution < -0.4 is 0 Å². The Balaban J connectivity index is 1.26. The molecule has 0 aromatic rings. The molecule has 5 rings (SSSR count). The van der Waals surface area contributed by atoms with E-state index in [1.807, 2.05) is 17.9 Å². The van der Waals surface area contributed by atoms with Crippen LogP contribution in [0.3, 0.4) is 0 Å². The zero-order chi connectivity index (χ0) is 17.7. The van der Waals surface area contributed by atoms with Crippen molar-refractivity contribution in [2.75, 3.05) is 39.5 Å². The van der Waals surface area contributed by atoms with E-state index in [0.29, 0.717) is 32.7 Å². The van der Waals surface area contributed by atoms with Crippen molar-refractivity contribution in [1.29, 1.82) is 0 Å². The summed E-state index contributed by atoms with van der Waals surface area (Å²) < 4.78 is 15.8. The highest BCUT2D eigenvalue weighted by Crippen LogP contribution is 2.72. The van der Waals surface area contributed by atoms with Gasteiger partial charge in [-0.1, -0.05) is 5.57 Å². The molecule has 1 heterocycles. The molecule has 1 unspecified atom stereocenters. The zero-order valence-electron chi connectivity index (χ0n) is 14.6. The third-order valence-corrected chi connectivity index (χ3v) is 5.73. The minimum Gasteiger partial charge on any atom is -0.453 e. The van der Waals surface area contributed by atoms with Crippen molar-refractivity contribution in [3.63, 3.8) is 0 Å². The van der Waals surface area contributed by atoms with E-state index in [4.69, 9.17) is 14.2 Å². The lowest BCUT2D eigenvalue weighted by atomic mass is 9.65. The largest absolute Gasteiger partial charge is 0.453 e. The molecule has 2 saturated carbocycles. The molecule has 25 heavy (non-hydrogen) atoms. The van der Waals surface area contributed by atoms with Crippen LogP contribution in [0.2, 0.25) is 0 Å².